The lowest BCUT2D eigenvalue weighted by atomic mass is 9.97. The summed E-state index contributed by atoms with van der Waals surface area (Å²) in [4.78, 5) is 12.8. The van der Waals surface area contributed by atoms with Crippen molar-refractivity contribution in [2.24, 2.45) is 0 Å². The minimum absolute atomic E-state index is 0.466. The van der Waals surface area contributed by atoms with E-state index in [0.717, 1.165) is 0 Å². The van der Waals surface area contributed by atoms with Crippen LogP contribution in [0.15, 0.2) is 18.2 Å². The molecule has 0 aliphatic carbocycles. The van der Waals surface area contributed by atoms with E-state index in [1.807, 2.05) is 11.9 Å². The van der Waals surface area contributed by atoms with E-state index in [1.54, 1.807) is 6.92 Å². The molecule has 0 aliphatic rings. The summed E-state index contributed by atoms with van der Waals surface area (Å²) >= 11 is 0. The van der Waals surface area contributed by atoms with Crippen molar-refractivity contribution in [2.45, 2.75) is 46.2 Å². The number of carbonyl (C=O) groups is 1. The average Bonchev–Trinajstić information content (AvgIpc) is 2.30. The molecule has 3 nitrogen and oxygen atoms in total. The minimum Gasteiger partial charge on any atom is -0.480 e. The van der Waals surface area contributed by atoms with Crippen molar-refractivity contribution < 1.29 is 9.90 Å². The van der Waals surface area contributed by atoms with Crippen LogP contribution in [0.2, 0.25) is 0 Å². The Morgan fingerprint density at radius 1 is 1.33 bits per heavy atom. The fraction of sp³-hybridized carbons (Fsp3) is 0.533. The molecule has 0 saturated heterocycles. The van der Waals surface area contributed by atoms with Gasteiger partial charge in [0.05, 0.1) is 0 Å². The first kappa shape index (κ1) is 14.7. The number of hydrogen-bond acceptors (Lipinski definition) is 2. The molecule has 1 atom stereocenters. The van der Waals surface area contributed by atoms with Crippen LogP contribution in [0, 0.1) is 6.92 Å². The molecule has 1 rings (SSSR count). The largest absolute Gasteiger partial charge is 0.480 e. The van der Waals surface area contributed by atoms with Crippen molar-refractivity contribution in [1.29, 1.82) is 0 Å². The normalized spacial score (nSPS) is 13.1. The standard InChI is InChI=1S/C15H23NO2/c1-10(2)13-7-6-11(3)14(8-13)9-16(5)12(4)15(17)18/h6-8,10,12H,9H2,1-5H3,(H,17,18). The number of carboxylic acid groups (broad SMARTS) is 1. The van der Waals surface area contributed by atoms with E-state index < -0.39 is 12.0 Å². The molecule has 0 amide bonds. The zero-order valence-electron chi connectivity index (χ0n) is 11.9. The zero-order valence-corrected chi connectivity index (χ0v) is 11.9. The molecular weight excluding hydrogens is 226 g/mol. The Balaban J connectivity index is 2.89. The number of benzene rings is 1. The van der Waals surface area contributed by atoms with Gasteiger partial charge in [0.15, 0.2) is 0 Å². The molecule has 1 aromatic carbocycles. The number of likely N-dealkylation sites (N-methyl/N-ethyl adjacent to an activating group) is 1. The summed E-state index contributed by atoms with van der Waals surface area (Å²) in [6.07, 6.45) is 0. The fourth-order valence-electron chi connectivity index (χ4n) is 1.82. The lowest BCUT2D eigenvalue weighted by molar-refractivity contribution is -0.142. The third-order valence-corrected chi connectivity index (χ3v) is 3.48. The molecule has 0 aliphatic heterocycles. The van der Waals surface area contributed by atoms with Gasteiger partial charge in [-0.05, 0) is 43.5 Å². The van der Waals surface area contributed by atoms with Crippen molar-refractivity contribution in [1.82, 2.24) is 4.90 Å². The first-order chi connectivity index (χ1) is 8.32. The van der Waals surface area contributed by atoms with E-state index in [0.29, 0.717) is 12.5 Å². The van der Waals surface area contributed by atoms with Crippen molar-refractivity contribution in [3.8, 4) is 0 Å². The predicted octanol–water partition coefficient (Wildman–Crippen LogP) is 3.02. The highest BCUT2D eigenvalue weighted by Gasteiger charge is 2.17. The number of aliphatic carboxylic acids is 1. The molecule has 0 radical (unpaired) electrons. The van der Waals surface area contributed by atoms with Gasteiger partial charge in [-0.25, -0.2) is 0 Å². The molecule has 3 heteroatoms. The number of nitrogens with zero attached hydrogens (tertiary/aromatic N) is 1. The second-order valence-corrected chi connectivity index (χ2v) is 5.27. The maximum atomic E-state index is 10.9. The van der Waals surface area contributed by atoms with Crippen LogP contribution in [0.3, 0.4) is 0 Å². The second kappa shape index (κ2) is 6.01. The van der Waals surface area contributed by atoms with Crippen LogP contribution in [0.25, 0.3) is 0 Å². The van der Waals surface area contributed by atoms with Crippen molar-refractivity contribution in [3.05, 3.63) is 34.9 Å². The molecule has 0 aromatic heterocycles. The highest BCUT2D eigenvalue weighted by molar-refractivity contribution is 5.72. The van der Waals surface area contributed by atoms with E-state index in [9.17, 15) is 4.79 Å². The summed E-state index contributed by atoms with van der Waals surface area (Å²) in [5.74, 6) is -0.290. The third kappa shape index (κ3) is 3.57. The third-order valence-electron chi connectivity index (χ3n) is 3.48. The van der Waals surface area contributed by atoms with Crippen LogP contribution in [0.4, 0.5) is 0 Å². The molecule has 1 N–H and O–H groups in total. The molecule has 0 fully saturated rings. The van der Waals surface area contributed by atoms with Crippen LogP contribution in [0.5, 0.6) is 0 Å². The maximum absolute atomic E-state index is 10.9. The maximum Gasteiger partial charge on any atom is 0.320 e. The molecule has 0 saturated carbocycles. The van der Waals surface area contributed by atoms with E-state index in [2.05, 4.69) is 39.0 Å². The Morgan fingerprint density at radius 2 is 1.94 bits per heavy atom. The van der Waals surface area contributed by atoms with E-state index in [-0.39, 0.29) is 0 Å². The number of hydrogen-bond donors (Lipinski definition) is 1. The first-order valence-electron chi connectivity index (χ1n) is 6.35. The smallest absolute Gasteiger partial charge is 0.320 e. The van der Waals surface area contributed by atoms with E-state index >= 15 is 0 Å². The van der Waals surface area contributed by atoms with Gasteiger partial charge >= 0.3 is 5.97 Å². The summed E-state index contributed by atoms with van der Waals surface area (Å²) in [5.41, 5.74) is 3.72. The van der Waals surface area contributed by atoms with Gasteiger partial charge in [0.2, 0.25) is 0 Å². The van der Waals surface area contributed by atoms with Gasteiger partial charge in [0.1, 0.15) is 6.04 Å². The van der Waals surface area contributed by atoms with Gasteiger partial charge in [-0.1, -0.05) is 32.0 Å². The molecule has 0 bridgehead atoms. The lowest BCUT2D eigenvalue weighted by Gasteiger charge is -2.22. The molecule has 1 unspecified atom stereocenters. The fourth-order valence-corrected chi connectivity index (χ4v) is 1.82. The minimum atomic E-state index is -0.782. The van der Waals surface area contributed by atoms with Gasteiger partial charge in [-0.3, -0.25) is 9.69 Å². The Morgan fingerprint density at radius 3 is 2.44 bits per heavy atom. The van der Waals surface area contributed by atoms with E-state index in [4.69, 9.17) is 5.11 Å². The van der Waals surface area contributed by atoms with Crippen LogP contribution in [0.1, 0.15) is 43.4 Å². The summed E-state index contributed by atoms with van der Waals surface area (Å²) in [6.45, 7) is 8.78. The number of aryl methyl sites for hydroxylation is 1. The molecular formula is C15H23NO2. The van der Waals surface area contributed by atoms with Gasteiger partial charge in [0, 0.05) is 6.54 Å². The molecule has 100 valence electrons. The van der Waals surface area contributed by atoms with Crippen LogP contribution in [-0.2, 0) is 11.3 Å². The van der Waals surface area contributed by atoms with Crippen LogP contribution < -0.4 is 0 Å². The van der Waals surface area contributed by atoms with Gasteiger partial charge in [-0.15, -0.1) is 0 Å². The highest BCUT2D eigenvalue weighted by atomic mass is 16.4. The SMILES string of the molecule is Cc1ccc(C(C)C)cc1CN(C)C(C)C(=O)O. The Bertz CT molecular complexity index is 427. The van der Waals surface area contributed by atoms with Crippen LogP contribution in [-0.4, -0.2) is 29.1 Å². The average molecular weight is 249 g/mol. The molecule has 1 aromatic rings. The summed E-state index contributed by atoms with van der Waals surface area (Å²) in [5, 5.41) is 9.00. The first-order valence-corrected chi connectivity index (χ1v) is 6.35. The Kier molecular flexibility index (Phi) is 4.91. The second-order valence-electron chi connectivity index (χ2n) is 5.27. The predicted molar refractivity (Wildman–Crippen MR) is 73.8 cm³/mol. The van der Waals surface area contributed by atoms with Crippen molar-refractivity contribution in [2.75, 3.05) is 7.05 Å². The quantitative estimate of drug-likeness (QED) is 0.872. The van der Waals surface area contributed by atoms with Crippen molar-refractivity contribution in [3.63, 3.8) is 0 Å². The summed E-state index contributed by atoms with van der Waals surface area (Å²) in [6, 6.07) is 5.98. The molecule has 0 heterocycles. The number of rotatable bonds is 5. The van der Waals surface area contributed by atoms with Gasteiger partial charge < -0.3 is 5.11 Å². The Labute approximate surface area is 109 Å². The van der Waals surface area contributed by atoms with Crippen molar-refractivity contribution >= 4 is 5.97 Å². The van der Waals surface area contributed by atoms with Gasteiger partial charge in [0.25, 0.3) is 0 Å². The lowest BCUT2D eigenvalue weighted by Crippen LogP contribution is -2.35. The van der Waals surface area contributed by atoms with E-state index in [1.165, 1.54) is 16.7 Å². The van der Waals surface area contributed by atoms with Crippen LogP contribution >= 0.6 is 0 Å². The zero-order chi connectivity index (χ0) is 13.9. The summed E-state index contributed by atoms with van der Waals surface area (Å²) in [7, 11) is 1.85. The Hall–Kier alpha value is -1.35. The highest BCUT2D eigenvalue weighted by Crippen LogP contribution is 2.20. The summed E-state index contributed by atoms with van der Waals surface area (Å²) < 4.78 is 0. The topological polar surface area (TPSA) is 40.5 Å². The monoisotopic (exact) mass is 249 g/mol. The van der Waals surface area contributed by atoms with Gasteiger partial charge in [-0.2, -0.15) is 0 Å². The number of carboxylic acids is 1. The molecule has 18 heavy (non-hydrogen) atoms. The molecule has 0 spiro atoms.